The van der Waals surface area contributed by atoms with Gasteiger partial charge in [0.05, 0.1) is 7.11 Å². The molecule has 1 saturated carbocycles. The lowest BCUT2D eigenvalue weighted by Gasteiger charge is -2.27. The zero-order chi connectivity index (χ0) is 18.4. The molecule has 0 aliphatic heterocycles. The maximum atomic E-state index is 12.8. The topological polar surface area (TPSA) is 68.5 Å². The first kappa shape index (κ1) is 18.2. The van der Waals surface area contributed by atoms with Crippen LogP contribution in [-0.2, 0) is 11.3 Å². The highest BCUT2D eigenvalue weighted by molar-refractivity contribution is 5.79. The van der Waals surface area contributed by atoms with Gasteiger partial charge in [-0.25, -0.2) is 0 Å². The average molecular weight is 355 g/mol. The molecule has 0 bridgehead atoms. The fourth-order valence-electron chi connectivity index (χ4n) is 3.34. The third kappa shape index (κ3) is 4.31. The molecule has 0 saturated heterocycles. The SMILES string of the molecule is C=CCN(Cc1nc(-c2ccc(OC)cc2)no1)C(=O)C1CCCCC1. The number of rotatable bonds is 7. The lowest BCUT2D eigenvalue weighted by atomic mass is 9.88. The van der Waals surface area contributed by atoms with Crippen LogP contribution in [0.25, 0.3) is 11.4 Å². The second-order valence-electron chi connectivity index (χ2n) is 6.58. The van der Waals surface area contributed by atoms with E-state index in [4.69, 9.17) is 9.26 Å². The smallest absolute Gasteiger partial charge is 0.246 e. The lowest BCUT2D eigenvalue weighted by molar-refractivity contribution is -0.137. The summed E-state index contributed by atoms with van der Waals surface area (Å²) >= 11 is 0. The standard InChI is InChI=1S/C20H25N3O3/c1-3-13-23(20(24)16-7-5-4-6-8-16)14-18-21-19(22-26-18)15-9-11-17(25-2)12-10-15/h3,9-12,16H,1,4-8,13-14H2,2H3. The Hall–Kier alpha value is -2.63. The number of hydrogen-bond donors (Lipinski definition) is 0. The Morgan fingerprint density at radius 2 is 2.04 bits per heavy atom. The second-order valence-corrected chi connectivity index (χ2v) is 6.58. The van der Waals surface area contributed by atoms with Crippen molar-refractivity contribution in [3.63, 3.8) is 0 Å². The largest absolute Gasteiger partial charge is 0.497 e. The first-order valence-corrected chi connectivity index (χ1v) is 9.08. The highest BCUT2D eigenvalue weighted by Gasteiger charge is 2.26. The fraction of sp³-hybridized carbons (Fsp3) is 0.450. The van der Waals surface area contributed by atoms with Crippen molar-refractivity contribution in [1.82, 2.24) is 15.0 Å². The molecule has 0 atom stereocenters. The molecule has 1 fully saturated rings. The summed E-state index contributed by atoms with van der Waals surface area (Å²) in [6.45, 7) is 4.56. The molecule has 0 unspecified atom stereocenters. The number of ether oxygens (including phenoxy) is 1. The van der Waals surface area contributed by atoms with Crippen LogP contribution in [0.3, 0.4) is 0 Å². The molecule has 1 amide bonds. The molecule has 0 N–H and O–H groups in total. The first-order chi connectivity index (χ1) is 12.7. The number of aromatic nitrogens is 2. The van der Waals surface area contributed by atoms with E-state index in [-0.39, 0.29) is 11.8 Å². The lowest BCUT2D eigenvalue weighted by Crippen LogP contribution is -2.36. The van der Waals surface area contributed by atoms with Gasteiger partial charge in [-0.15, -0.1) is 6.58 Å². The van der Waals surface area contributed by atoms with Crippen molar-refractivity contribution in [3.8, 4) is 17.1 Å². The molecule has 1 aromatic carbocycles. The average Bonchev–Trinajstić information content (AvgIpc) is 3.16. The van der Waals surface area contributed by atoms with Crippen molar-refractivity contribution in [3.05, 3.63) is 42.8 Å². The molecule has 1 aliphatic rings. The van der Waals surface area contributed by atoms with Crippen molar-refractivity contribution in [2.75, 3.05) is 13.7 Å². The minimum Gasteiger partial charge on any atom is -0.497 e. The van der Waals surface area contributed by atoms with Crippen molar-refractivity contribution >= 4 is 5.91 Å². The number of amides is 1. The summed E-state index contributed by atoms with van der Waals surface area (Å²) in [4.78, 5) is 19.0. The number of methoxy groups -OCH3 is 1. The summed E-state index contributed by atoms with van der Waals surface area (Å²) in [6.07, 6.45) is 7.14. The molecule has 26 heavy (non-hydrogen) atoms. The summed E-state index contributed by atoms with van der Waals surface area (Å²) in [7, 11) is 1.62. The Balaban J connectivity index is 1.70. The molecule has 138 valence electrons. The van der Waals surface area contributed by atoms with Gasteiger partial charge in [-0.2, -0.15) is 4.98 Å². The van der Waals surface area contributed by atoms with E-state index in [1.807, 2.05) is 24.3 Å². The predicted molar refractivity (Wildman–Crippen MR) is 98.5 cm³/mol. The molecule has 1 aliphatic carbocycles. The Bertz CT molecular complexity index is 733. The van der Waals surface area contributed by atoms with Gasteiger partial charge in [-0.3, -0.25) is 4.79 Å². The third-order valence-electron chi connectivity index (χ3n) is 4.76. The maximum absolute atomic E-state index is 12.8. The highest BCUT2D eigenvalue weighted by atomic mass is 16.5. The van der Waals surface area contributed by atoms with E-state index in [1.165, 1.54) is 6.42 Å². The maximum Gasteiger partial charge on any atom is 0.246 e. The summed E-state index contributed by atoms with van der Waals surface area (Å²) < 4.78 is 10.5. The second kappa shape index (κ2) is 8.65. The van der Waals surface area contributed by atoms with Gasteiger partial charge >= 0.3 is 0 Å². The van der Waals surface area contributed by atoms with Crippen LogP contribution in [0.5, 0.6) is 5.75 Å². The van der Waals surface area contributed by atoms with Crippen LogP contribution >= 0.6 is 0 Å². The van der Waals surface area contributed by atoms with E-state index in [0.717, 1.165) is 37.0 Å². The zero-order valence-electron chi connectivity index (χ0n) is 15.2. The van der Waals surface area contributed by atoms with Crippen LogP contribution < -0.4 is 4.74 Å². The van der Waals surface area contributed by atoms with Gasteiger partial charge in [0.25, 0.3) is 0 Å². The number of carbonyl (C=O) groups is 1. The normalized spacial score (nSPS) is 14.8. The monoisotopic (exact) mass is 355 g/mol. The quantitative estimate of drug-likeness (QED) is 0.706. The van der Waals surface area contributed by atoms with E-state index in [2.05, 4.69) is 16.7 Å². The van der Waals surface area contributed by atoms with Crippen molar-refractivity contribution < 1.29 is 14.1 Å². The van der Waals surface area contributed by atoms with Gasteiger partial charge < -0.3 is 14.2 Å². The summed E-state index contributed by atoms with van der Waals surface area (Å²) in [6, 6.07) is 7.45. The molecule has 2 aromatic rings. The minimum atomic E-state index is 0.104. The molecule has 6 nitrogen and oxygen atoms in total. The molecule has 0 spiro atoms. The molecule has 1 aromatic heterocycles. The van der Waals surface area contributed by atoms with Crippen LogP contribution in [0.15, 0.2) is 41.4 Å². The minimum absolute atomic E-state index is 0.104. The summed E-state index contributed by atoms with van der Waals surface area (Å²) in [5.74, 6) is 1.97. The van der Waals surface area contributed by atoms with Crippen LogP contribution in [0, 0.1) is 5.92 Å². The van der Waals surface area contributed by atoms with E-state index in [9.17, 15) is 4.79 Å². The molecule has 3 rings (SSSR count). The van der Waals surface area contributed by atoms with E-state index < -0.39 is 0 Å². The van der Waals surface area contributed by atoms with Gasteiger partial charge in [0.15, 0.2) is 0 Å². The van der Waals surface area contributed by atoms with E-state index in [1.54, 1.807) is 18.1 Å². The number of hydrogen-bond acceptors (Lipinski definition) is 5. The van der Waals surface area contributed by atoms with Crippen molar-refractivity contribution in [2.24, 2.45) is 5.92 Å². The van der Waals surface area contributed by atoms with Crippen LogP contribution in [0.1, 0.15) is 38.0 Å². The number of benzene rings is 1. The third-order valence-corrected chi connectivity index (χ3v) is 4.76. The van der Waals surface area contributed by atoms with Gasteiger partial charge in [-0.05, 0) is 37.1 Å². The van der Waals surface area contributed by atoms with Crippen molar-refractivity contribution in [2.45, 2.75) is 38.6 Å². The van der Waals surface area contributed by atoms with Crippen molar-refractivity contribution in [1.29, 1.82) is 0 Å². The molecular weight excluding hydrogens is 330 g/mol. The van der Waals surface area contributed by atoms with Gasteiger partial charge in [0.1, 0.15) is 12.3 Å². The van der Waals surface area contributed by atoms with Gasteiger partial charge in [-0.1, -0.05) is 30.5 Å². The van der Waals surface area contributed by atoms with Crippen LogP contribution in [0.2, 0.25) is 0 Å². The highest BCUT2D eigenvalue weighted by Crippen LogP contribution is 2.26. The molecule has 6 heteroatoms. The Morgan fingerprint density at radius 3 is 2.69 bits per heavy atom. The fourth-order valence-corrected chi connectivity index (χ4v) is 3.34. The first-order valence-electron chi connectivity index (χ1n) is 9.08. The Labute approximate surface area is 153 Å². The molecule has 1 heterocycles. The van der Waals surface area contributed by atoms with E-state index >= 15 is 0 Å². The number of nitrogens with zero attached hydrogens (tertiary/aromatic N) is 3. The molecular formula is C20H25N3O3. The Kier molecular flexibility index (Phi) is 6.04. The zero-order valence-corrected chi connectivity index (χ0v) is 15.2. The van der Waals surface area contributed by atoms with Crippen LogP contribution in [0.4, 0.5) is 0 Å². The van der Waals surface area contributed by atoms with Gasteiger partial charge in [0.2, 0.25) is 17.6 Å². The predicted octanol–water partition coefficient (Wildman–Crippen LogP) is 3.84. The Morgan fingerprint density at radius 1 is 1.31 bits per heavy atom. The van der Waals surface area contributed by atoms with E-state index in [0.29, 0.717) is 24.8 Å². The molecule has 0 radical (unpaired) electrons. The van der Waals surface area contributed by atoms with Crippen LogP contribution in [-0.4, -0.2) is 34.6 Å². The number of carbonyl (C=O) groups excluding carboxylic acids is 1. The summed E-state index contributed by atoms with van der Waals surface area (Å²) in [5.41, 5.74) is 0.842. The summed E-state index contributed by atoms with van der Waals surface area (Å²) in [5, 5.41) is 4.04. The van der Waals surface area contributed by atoms with Gasteiger partial charge in [0, 0.05) is 18.0 Å².